The summed E-state index contributed by atoms with van der Waals surface area (Å²) in [5, 5.41) is 8.63. The second-order valence-corrected chi connectivity index (χ2v) is 21.7. The van der Waals surface area contributed by atoms with Crippen molar-refractivity contribution < 1.29 is 29.9 Å². The SMILES string of the molecule is Cc1cc2c(cc1C(C)(C)c1ccccc1)c1cccnc1n2-c1[c-]c(-c2cccc3c2nc(-c2ccc(C(C)(C)C)c4c2[n-]c2ccccc24)n3-c2ccc3c(c2)oc2ccccc23)cc2c1oc1ccccc12.[Pt+2]. The zero-order valence-corrected chi connectivity index (χ0v) is 45.0. The second-order valence-electron chi connectivity index (χ2n) is 21.7. The molecule has 0 aliphatic rings. The van der Waals surface area contributed by atoms with Crippen molar-refractivity contribution in [3.8, 4) is 33.9 Å². The Balaban J connectivity index is 0.00000528. The monoisotopic (exact) mass is 1160 g/mol. The van der Waals surface area contributed by atoms with Gasteiger partial charge in [-0.15, -0.1) is 28.7 Å². The number of aryl methyl sites for hydroxylation is 1. The van der Waals surface area contributed by atoms with E-state index in [4.69, 9.17) is 23.8 Å². The van der Waals surface area contributed by atoms with E-state index in [2.05, 4.69) is 208 Å². The molecule has 7 nitrogen and oxygen atoms in total. The van der Waals surface area contributed by atoms with Crippen molar-refractivity contribution in [3.05, 3.63) is 217 Å². The van der Waals surface area contributed by atoms with Crippen LogP contribution in [0.25, 0.3) is 133 Å². The summed E-state index contributed by atoms with van der Waals surface area (Å²) in [6.45, 7) is 13.7. The quantitative estimate of drug-likeness (QED) is 0.155. The summed E-state index contributed by atoms with van der Waals surface area (Å²) in [5.74, 6) is 0.785. The molecule has 76 heavy (non-hydrogen) atoms. The molecule has 0 aliphatic carbocycles. The van der Waals surface area contributed by atoms with Gasteiger partial charge in [-0.3, -0.25) is 4.57 Å². The molecule has 0 bridgehead atoms. The van der Waals surface area contributed by atoms with Crippen molar-refractivity contribution in [2.24, 2.45) is 0 Å². The third kappa shape index (κ3) is 6.71. The largest absolute Gasteiger partial charge is 2.00 e. The Kier molecular flexibility index (Phi) is 10.1. The first kappa shape index (κ1) is 46.1. The number of furan rings is 2. The topological polar surface area (TPSA) is 76.0 Å². The Morgan fingerprint density at radius 3 is 2.05 bits per heavy atom. The molecule has 0 fully saturated rings. The van der Waals surface area contributed by atoms with Crippen molar-refractivity contribution in [1.82, 2.24) is 24.1 Å². The summed E-state index contributed by atoms with van der Waals surface area (Å²) < 4.78 is 18.0. The van der Waals surface area contributed by atoms with Crippen LogP contribution >= 0.6 is 0 Å². The number of hydrogen-bond donors (Lipinski definition) is 0. The Morgan fingerprint density at radius 2 is 1.25 bits per heavy atom. The van der Waals surface area contributed by atoms with Gasteiger partial charge in [0, 0.05) is 55.9 Å². The van der Waals surface area contributed by atoms with Crippen LogP contribution in [0, 0.1) is 13.0 Å². The number of pyridine rings is 1. The minimum atomic E-state index is -0.250. The Hall–Kier alpha value is -8.51. The van der Waals surface area contributed by atoms with Crippen LogP contribution in [-0.4, -0.2) is 19.1 Å². The fraction of sp³-hybridized carbons (Fsp3) is 0.118. The predicted octanol–water partition coefficient (Wildman–Crippen LogP) is 17.6. The third-order valence-corrected chi connectivity index (χ3v) is 15.9. The van der Waals surface area contributed by atoms with Crippen molar-refractivity contribution >= 4 is 98.7 Å². The summed E-state index contributed by atoms with van der Waals surface area (Å²) in [6, 6.07) is 68.5. The van der Waals surface area contributed by atoms with Gasteiger partial charge < -0.3 is 18.4 Å². The van der Waals surface area contributed by atoms with E-state index in [1.807, 2.05) is 36.5 Å². The van der Waals surface area contributed by atoms with Gasteiger partial charge in [-0.1, -0.05) is 161 Å². The van der Waals surface area contributed by atoms with Gasteiger partial charge in [0.25, 0.3) is 0 Å². The van der Waals surface area contributed by atoms with E-state index < -0.39 is 0 Å². The van der Waals surface area contributed by atoms with Gasteiger partial charge in [0.2, 0.25) is 0 Å². The molecule has 0 spiro atoms. The number of nitrogens with zero attached hydrogens (tertiary/aromatic N) is 5. The van der Waals surface area contributed by atoms with E-state index in [-0.39, 0.29) is 31.9 Å². The number of imidazole rings is 1. The first-order chi connectivity index (χ1) is 36.5. The Morgan fingerprint density at radius 1 is 0.539 bits per heavy atom. The average molecular weight is 1160 g/mol. The van der Waals surface area contributed by atoms with E-state index in [0.29, 0.717) is 0 Å². The smallest absolute Gasteiger partial charge is 0.656 e. The van der Waals surface area contributed by atoms with Gasteiger partial charge in [0.15, 0.2) is 0 Å². The maximum atomic E-state index is 6.93. The first-order valence-corrected chi connectivity index (χ1v) is 25.8. The van der Waals surface area contributed by atoms with Gasteiger partial charge >= 0.3 is 21.1 Å². The summed E-state index contributed by atoms with van der Waals surface area (Å²) in [6.07, 6.45) is 1.88. The molecule has 368 valence electrons. The molecule has 0 saturated carbocycles. The second kappa shape index (κ2) is 16.7. The normalized spacial score (nSPS) is 12.5. The molecular weight excluding hydrogens is 1110 g/mol. The van der Waals surface area contributed by atoms with Crippen LogP contribution < -0.4 is 4.98 Å². The van der Waals surface area contributed by atoms with Crippen LogP contribution in [0.3, 0.4) is 0 Å². The van der Waals surface area contributed by atoms with E-state index in [0.717, 1.165) is 133 Å². The van der Waals surface area contributed by atoms with Gasteiger partial charge in [-0.05, 0) is 100.0 Å². The van der Waals surface area contributed by atoms with E-state index in [1.165, 1.54) is 22.3 Å². The maximum absolute atomic E-state index is 6.93. The van der Waals surface area contributed by atoms with Crippen LogP contribution in [0.1, 0.15) is 56.9 Å². The van der Waals surface area contributed by atoms with Crippen LogP contribution in [0.2, 0.25) is 0 Å². The summed E-state index contributed by atoms with van der Waals surface area (Å²) >= 11 is 0. The van der Waals surface area contributed by atoms with Crippen LogP contribution in [0.15, 0.2) is 197 Å². The molecule has 0 unspecified atom stereocenters. The van der Waals surface area contributed by atoms with E-state index in [1.54, 1.807) is 0 Å². The average Bonchev–Trinajstić information content (AvgIpc) is 4.26. The molecule has 15 rings (SSSR count). The number of benzene rings is 9. The molecule has 0 amide bonds. The minimum absolute atomic E-state index is 0. The predicted molar refractivity (Wildman–Crippen MR) is 308 cm³/mol. The number of fused-ring (bicyclic) bond motifs is 13. The van der Waals surface area contributed by atoms with Crippen molar-refractivity contribution in [1.29, 1.82) is 0 Å². The van der Waals surface area contributed by atoms with Gasteiger partial charge in [0.1, 0.15) is 28.2 Å². The fourth-order valence-electron chi connectivity index (χ4n) is 12.3. The summed E-state index contributed by atoms with van der Waals surface area (Å²) in [4.78, 5) is 16.4. The van der Waals surface area contributed by atoms with Gasteiger partial charge in [-0.2, -0.15) is 0 Å². The van der Waals surface area contributed by atoms with Crippen LogP contribution in [0.5, 0.6) is 0 Å². The first-order valence-electron chi connectivity index (χ1n) is 25.8. The molecular formula is C68H49N5O2Pt. The third-order valence-electron chi connectivity index (χ3n) is 15.9. The molecule has 15 aromatic rings. The number of aromatic nitrogens is 5. The fourth-order valence-corrected chi connectivity index (χ4v) is 12.3. The number of para-hydroxylation sites is 4. The minimum Gasteiger partial charge on any atom is -0.656 e. The summed E-state index contributed by atoms with van der Waals surface area (Å²) in [7, 11) is 0. The molecule has 0 aliphatic heterocycles. The summed E-state index contributed by atoms with van der Waals surface area (Å²) in [5.41, 5.74) is 17.8. The molecule has 6 aromatic heterocycles. The van der Waals surface area contributed by atoms with Crippen molar-refractivity contribution in [3.63, 3.8) is 0 Å². The molecule has 8 heteroatoms. The Labute approximate surface area is 452 Å². The van der Waals surface area contributed by atoms with Gasteiger partial charge in [0.05, 0.1) is 27.8 Å². The van der Waals surface area contributed by atoms with Crippen LogP contribution in [-0.2, 0) is 31.9 Å². The van der Waals surface area contributed by atoms with Crippen molar-refractivity contribution in [2.45, 2.75) is 52.4 Å². The van der Waals surface area contributed by atoms with Crippen molar-refractivity contribution in [2.75, 3.05) is 0 Å². The zero-order valence-electron chi connectivity index (χ0n) is 42.8. The standard InChI is InChI=1S/C68H49N5O2.Pt/c1-39-34-56-50(38-53(39)68(5,6)41-18-8-7-9-19-41)47-24-17-33-69-65(47)73(56)57-36-40(35-51-45-21-12-15-28-59(45)75-64(51)57)43-23-16-26-55-62(43)71-66(72(55)42-29-30-46-44-20-11-14-27-58(44)74-60(46)37-42)49-31-32-52(67(2,3)4)61-48-22-10-13-25-54(48)70-63(49)61;/h7-35,37-38H,1-6H3;/q-2;+2. The molecule has 0 N–H and O–H groups in total. The molecule has 9 aromatic carbocycles. The van der Waals surface area contributed by atoms with Gasteiger partial charge in [-0.25, -0.2) is 9.97 Å². The molecule has 0 radical (unpaired) electrons. The Bertz CT molecular complexity index is 4860. The zero-order chi connectivity index (χ0) is 50.5. The number of rotatable bonds is 6. The number of hydrogen-bond acceptors (Lipinski definition) is 4. The molecule has 0 atom stereocenters. The molecule has 0 saturated heterocycles. The van der Waals surface area contributed by atoms with E-state index >= 15 is 0 Å². The molecule has 6 heterocycles. The van der Waals surface area contributed by atoms with E-state index in [9.17, 15) is 0 Å². The maximum Gasteiger partial charge on any atom is 2.00 e. The van der Waals surface area contributed by atoms with Crippen LogP contribution in [0.4, 0.5) is 0 Å².